The van der Waals surface area contributed by atoms with Gasteiger partial charge in [0.25, 0.3) is 0 Å². The second-order valence-electron chi connectivity index (χ2n) is 7.69. The quantitative estimate of drug-likeness (QED) is 0.901. The van der Waals surface area contributed by atoms with Gasteiger partial charge in [-0.1, -0.05) is 24.3 Å². The number of hydrogen-bond donors (Lipinski definition) is 1. The smallest absolute Gasteiger partial charge is 0.317 e. The molecule has 1 aromatic carbocycles. The minimum atomic E-state index is 0. The Labute approximate surface area is 162 Å². The maximum absolute atomic E-state index is 12.8. The van der Waals surface area contributed by atoms with Gasteiger partial charge in [0.15, 0.2) is 5.82 Å². The van der Waals surface area contributed by atoms with Gasteiger partial charge in [0.1, 0.15) is 0 Å². The molecule has 3 atom stereocenters. The van der Waals surface area contributed by atoms with E-state index < -0.39 is 0 Å². The van der Waals surface area contributed by atoms with Crippen molar-refractivity contribution in [1.82, 2.24) is 20.4 Å². The van der Waals surface area contributed by atoms with E-state index in [0.717, 1.165) is 38.2 Å². The molecule has 4 rings (SSSR count). The molecule has 2 amide bonds. The number of nitrogens with zero attached hydrogens (tertiary/aromatic N) is 4. The van der Waals surface area contributed by atoms with E-state index in [2.05, 4.69) is 51.6 Å². The van der Waals surface area contributed by atoms with Gasteiger partial charge in [-0.2, -0.15) is 5.10 Å². The van der Waals surface area contributed by atoms with Crippen LogP contribution in [0.5, 0.6) is 0 Å². The Hall–Kier alpha value is -2.63. The van der Waals surface area contributed by atoms with Crippen molar-refractivity contribution < 1.29 is 6.22 Å². The van der Waals surface area contributed by atoms with Crippen molar-refractivity contribution in [3.05, 3.63) is 53.7 Å². The number of carbonyl (C=O) groups excluding carboxylic acids is 1. The standard InChI is InChI=1S/C21H27N5O.H2/c1-15-7-3-4-9-17(15)18-13-19(18)23-21(27)25(2)16-8-6-12-26(14-16)20-10-5-11-22-24-20;/h3-5,7,9-11,16,18-19H,6,8,12-14H2,1-2H3,(H,23,27);1H/t16-,18-,19+;/m1./s1. The van der Waals surface area contributed by atoms with E-state index in [1.54, 1.807) is 6.20 Å². The van der Waals surface area contributed by atoms with E-state index in [1.807, 2.05) is 24.1 Å². The van der Waals surface area contributed by atoms with Crippen molar-refractivity contribution >= 4 is 11.8 Å². The van der Waals surface area contributed by atoms with Crippen LogP contribution < -0.4 is 10.2 Å². The Morgan fingerprint density at radius 1 is 1.30 bits per heavy atom. The molecule has 0 unspecified atom stereocenters. The fraction of sp³-hybridized carbons (Fsp3) is 0.476. The van der Waals surface area contributed by atoms with Gasteiger partial charge < -0.3 is 15.1 Å². The Balaban J connectivity index is 0.00000225. The Morgan fingerprint density at radius 3 is 2.93 bits per heavy atom. The molecular weight excluding hydrogens is 338 g/mol. The molecule has 2 aliphatic rings. The largest absolute Gasteiger partial charge is 0.353 e. The summed E-state index contributed by atoms with van der Waals surface area (Å²) >= 11 is 0. The topological polar surface area (TPSA) is 61.4 Å². The fourth-order valence-electron chi connectivity index (χ4n) is 4.07. The van der Waals surface area contributed by atoms with Gasteiger partial charge in [-0.05, 0) is 49.4 Å². The average Bonchev–Trinajstić information content (AvgIpc) is 3.47. The lowest BCUT2D eigenvalue weighted by atomic mass is 10.0. The van der Waals surface area contributed by atoms with E-state index in [9.17, 15) is 4.79 Å². The first-order valence-electron chi connectivity index (χ1n) is 9.75. The molecule has 0 radical (unpaired) electrons. The maximum Gasteiger partial charge on any atom is 0.317 e. The Kier molecular flexibility index (Phi) is 4.97. The molecule has 1 aliphatic heterocycles. The minimum Gasteiger partial charge on any atom is -0.353 e. The van der Waals surface area contributed by atoms with Crippen LogP contribution in [0.1, 0.15) is 37.7 Å². The van der Waals surface area contributed by atoms with E-state index in [4.69, 9.17) is 0 Å². The first-order chi connectivity index (χ1) is 13.1. The second-order valence-corrected chi connectivity index (χ2v) is 7.69. The molecule has 6 heteroatoms. The summed E-state index contributed by atoms with van der Waals surface area (Å²) in [5, 5.41) is 11.4. The van der Waals surface area contributed by atoms with Crippen molar-refractivity contribution in [2.75, 3.05) is 25.0 Å². The number of amides is 2. The summed E-state index contributed by atoms with van der Waals surface area (Å²) < 4.78 is 0. The molecule has 1 N–H and O–H groups in total. The SMILES string of the molecule is Cc1ccccc1[C@H]1C[C@@H]1NC(=O)N(C)[C@@H]1CCCN(c2cccnn2)C1.[HH]. The number of carbonyl (C=O) groups is 1. The number of aromatic nitrogens is 2. The highest BCUT2D eigenvalue weighted by Crippen LogP contribution is 2.42. The van der Waals surface area contributed by atoms with Crippen LogP contribution in [-0.4, -0.2) is 53.3 Å². The van der Waals surface area contributed by atoms with Gasteiger partial charge in [-0.3, -0.25) is 0 Å². The number of piperidine rings is 1. The second kappa shape index (κ2) is 7.55. The summed E-state index contributed by atoms with van der Waals surface area (Å²) in [5.74, 6) is 1.34. The Bertz CT molecular complexity index is 802. The van der Waals surface area contributed by atoms with E-state index in [-0.39, 0.29) is 19.5 Å². The predicted molar refractivity (Wildman–Crippen MR) is 108 cm³/mol. The van der Waals surface area contributed by atoms with Crippen LogP contribution >= 0.6 is 0 Å². The number of likely N-dealkylation sites (N-methyl/N-ethyl adjacent to an activating group) is 1. The molecule has 144 valence electrons. The van der Waals surface area contributed by atoms with E-state index in [0.29, 0.717) is 5.92 Å². The molecule has 1 aromatic heterocycles. The summed E-state index contributed by atoms with van der Waals surface area (Å²) in [5.41, 5.74) is 2.66. The predicted octanol–water partition coefficient (Wildman–Crippen LogP) is 3.20. The van der Waals surface area contributed by atoms with Crippen molar-refractivity contribution in [1.29, 1.82) is 0 Å². The Morgan fingerprint density at radius 2 is 2.15 bits per heavy atom. The number of rotatable bonds is 4. The summed E-state index contributed by atoms with van der Waals surface area (Å²) in [6.45, 7) is 3.90. The number of urea groups is 1. The summed E-state index contributed by atoms with van der Waals surface area (Å²) in [7, 11) is 1.91. The van der Waals surface area contributed by atoms with E-state index in [1.165, 1.54) is 11.1 Å². The first-order valence-corrected chi connectivity index (χ1v) is 9.75. The van der Waals surface area contributed by atoms with Gasteiger partial charge >= 0.3 is 6.03 Å². The van der Waals surface area contributed by atoms with Crippen molar-refractivity contribution in [3.8, 4) is 0 Å². The zero-order valence-corrected chi connectivity index (χ0v) is 16.0. The number of nitrogens with one attached hydrogen (secondary N) is 1. The van der Waals surface area contributed by atoms with E-state index >= 15 is 0 Å². The van der Waals surface area contributed by atoms with Gasteiger partial charge in [0.05, 0.1) is 6.04 Å². The van der Waals surface area contributed by atoms with Crippen molar-refractivity contribution in [2.45, 2.75) is 44.2 Å². The van der Waals surface area contributed by atoms with Crippen molar-refractivity contribution in [2.24, 2.45) is 0 Å². The van der Waals surface area contributed by atoms with Crippen LogP contribution in [0, 0.1) is 6.92 Å². The van der Waals surface area contributed by atoms with Gasteiger partial charge in [-0.25, -0.2) is 4.79 Å². The molecule has 0 bridgehead atoms. The third kappa shape index (κ3) is 3.89. The molecule has 6 nitrogen and oxygen atoms in total. The van der Waals surface area contributed by atoms with Crippen LogP contribution in [0.3, 0.4) is 0 Å². The molecule has 2 aromatic rings. The number of aryl methyl sites for hydroxylation is 1. The first kappa shape index (κ1) is 17.8. The zero-order chi connectivity index (χ0) is 18.8. The van der Waals surface area contributed by atoms with Gasteiger partial charge in [-0.15, -0.1) is 5.10 Å². The number of anilines is 1. The molecule has 0 spiro atoms. The normalized spacial score (nSPS) is 24.4. The highest BCUT2D eigenvalue weighted by Gasteiger charge is 2.41. The zero-order valence-electron chi connectivity index (χ0n) is 16.0. The summed E-state index contributed by atoms with van der Waals surface area (Å²) in [6.07, 6.45) is 4.78. The van der Waals surface area contributed by atoms with Crippen LogP contribution in [-0.2, 0) is 0 Å². The number of benzene rings is 1. The third-order valence-corrected chi connectivity index (χ3v) is 5.83. The monoisotopic (exact) mass is 367 g/mol. The highest BCUT2D eigenvalue weighted by atomic mass is 16.2. The summed E-state index contributed by atoms with van der Waals surface area (Å²) in [4.78, 5) is 16.9. The fourth-order valence-corrected chi connectivity index (χ4v) is 4.07. The van der Waals surface area contributed by atoms with Crippen LogP contribution in [0.15, 0.2) is 42.6 Å². The molecule has 1 aliphatic carbocycles. The van der Waals surface area contributed by atoms with Crippen molar-refractivity contribution in [3.63, 3.8) is 0 Å². The average molecular weight is 367 g/mol. The molecule has 2 heterocycles. The molecule has 1 saturated heterocycles. The maximum atomic E-state index is 12.8. The highest BCUT2D eigenvalue weighted by molar-refractivity contribution is 5.75. The number of hydrogen-bond acceptors (Lipinski definition) is 4. The lowest BCUT2D eigenvalue weighted by molar-refractivity contribution is 0.182. The molecule has 27 heavy (non-hydrogen) atoms. The molecular formula is C21H29N5O. The molecule has 2 fully saturated rings. The lowest BCUT2D eigenvalue weighted by Crippen LogP contribution is -2.52. The van der Waals surface area contributed by atoms with Crippen LogP contribution in [0.4, 0.5) is 10.6 Å². The third-order valence-electron chi connectivity index (χ3n) is 5.83. The molecule has 1 saturated carbocycles. The van der Waals surface area contributed by atoms with Gasteiger partial charge in [0, 0.05) is 39.7 Å². The summed E-state index contributed by atoms with van der Waals surface area (Å²) in [6, 6.07) is 12.8. The van der Waals surface area contributed by atoms with Crippen LogP contribution in [0.25, 0.3) is 0 Å². The van der Waals surface area contributed by atoms with Crippen LogP contribution in [0.2, 0.25) is 0 Å². The van der Waals surface area contributed by atoms with Gasteiger partial charge in [0.2, 0.25) is 0 Å². The minimum absolute atomic E-state index is 0. The lowest BCUT2D eigenvalue weighted by Gasteiger charge is -2.38.